The summed E-state index contributed by atoms with van der Waals surface area (Å²) in [7, 11) is 1.89. The topological polar surface area (TPSA) is 46.3 Å². The van der Waals surface area contributed by atoms with Gasteiger partial charge in [0.1, 0.15) is 0 Å². The van der Waals surface area contributed by atoms with Gasteiger partial charge >= 0.3 is 0 Å². The van der Waals surface area contributed by atoms with E-state index in [2.05, 4.69) is 45.0 Å². The molecule has 1 aromatic rings. The zero-order chi connectivity index (χ0) is 13.1. The van der Waals surface area contributed by atoms with E-state index in [4.69, 9.17) is 5.73 Å². The summed E-state index contributed by atoms with van der Waals surface area (Å²) in [5.41, 5.74) is 7.84. The van der Waals surface area contributed by atoms with Crippen LogP contribution in [0, 0.1) is 0 Å². The third kappa shape index (κ3) is 4.57. The van der Waals surface area contributed by atoms with Gasteiger partial charge in [-0.1, -0.05) is 45.0 Å². The van der Waals surface area contributed by atoms with Crippen molar-refractivity contribution in [3.05, 3.63) is 35.4 Å². The highest BCUT2D eigenvalue weighted by Crippen LogP contribution is 2.22. The number of hydrogen-bond donors (Lipinski definition) is 1. The van der Waals surface area contributed by atoms with Crippen molar-refractivity contribution in [1.29, 1.82) is 0 Å². The largest absolute Gasteiger partial charge is 0.369 e. The maximum atomic E-state index is 10.8. The van der Waals surface area contributed by atoms with E-state index >= 15 is 0 Å². The number of amides is 1. The molecule has 0 aliphatic carbocycles. The van der Waals surface area contributed by atoms with Crippen LogP contribution in [0.3, 0.4) is 0 Å². The van der Waals surface area contributed by atoms with Crippen LogP contribution in [-0.2, 0) is 16.8 Å². The summed E-state index contributed by atoms with van der Waals surface area (Å²) in [6.07, 6.45) is 0. The van der Waals surface area contributed by atoms with E-state index in [9.17, 15) is 4.79 Å². The number of rotatable bonds is 4. The number of nitrogens with two attached hydrogens (primary N) is 1. The first kappa shape index (κ1) is 13.7. The van der Waals surface area contributed by atoms with Crippen LogP contribution in [0.25, 0.3) is 0 Å². The molecule has 0 aliphatic rings. The Balaban J connectivity index is 2.66. The lowest BCUT2D eigenvalue weighted by Crippen LogP contribution is -2.30. The molecule has 3 heteroatoms. The van der Waals surface area contributed by atoms with Crippen molar-refractivity contribution in [3.63, 3.8) is 0 Å². The number of hydrogen-bond acceptors (Lipinski definition) is 2. The third-order valence-electron chi connectivity index (χ3n) is 2.70. The maximum Gasteiger partial charge on any atom is 0.231 e. The molecule has 1 rings (SSSR count). The van der Waals surface area contributed by atoms with E-state index in [-0.39, 0.29) is 11.3 Å². The molecule has 0 unspecified atom stereocenters. The second-order valence-corrected chi connectivity index (χ2v) is 5.59. The second kappa shape index (κ2) is 5.32. The summed E-state index contributed by atoms with van der Waals surface area (Å²) in [5.74, 6) is -0.293. The van der Waals surface area contributed by atoms with E-state index in [0.29, 0.717) is 6.54 Å². The molecular formula is C14H22N2O. The van der Waals surface area contributed by atoms with Crippen LogP contribution >= 0.6 is 0 Å². The average Bonchev–Trinajstić information content (AvgIpc) is 2.15. The molecule has 17 heavy (non-hydrogen) atoms. The quantitative estimate of drug-likeness (QED) is 0.865. The summed E-state index contributed by atoms with van der Waals surface area (Å²) in [5, 5.41) is 0. The summed E-state index contributed by atoms with van der Waals surface area (Å²) in [4.78, 5) is 12.7. The van der Waals surface area contributed by atoms with Gasteiger partial charge < -0.3 is 5.73 Å². The smallest absolute Gasteiger partial charge is 0.231 e. The van der Waals surface area contributed by atoms with Gasteiger partial charge in [0.25, 0.3) is 0 Å². The second-order valence-electron chi connectivity index (χ2n) is 5.59. The van der Waals surface area contributed by atoms with Gasteiger partial charge in [0.2, 0.25) is 5.91 Å². The van der Waals surface area contributed by atoms with Crippen molar-refractivity contribution in [1.82, 2.24) is 4.90 Å². The highest BCUT2D eigenvalue weighted by Gasteiger charge is 2.13. The summed E-state index contributed by atoms with van der Waals surface area (Å²) >= 11 is 0. The highest BCUT2D eigenvalue weighted by molar-refractivity contribution is 5.75. The number of carbonyl (C=O) groups is 1. The molecule has 2 N–H and O–H groups in total. The first-order valence-electron chi connectivity index (χ1n) is 5.85. The van der Waals surface area contributed by atoms with Crippen LogP contribution in [0.4, 0.5) is 0 Å². The monoisotopic (exact) mass is 234 g/mol. The standard InChI is InChI=1S/C14H22N2O/c1-14(2,3)12-7-5-11(6-8-12)9-16(4)10-13(15)17/h5-8H,9-10H2,1-4H3,(H2,15,17). The van der Waals surface area contributed by atoms with E-state index in [1.807, 2.05) is 11.9 Å². The summed E-state index contributed by atoms with van der Waals surface area (Å²) in [6.45, 7) is 7.62. The van der Waals surface area contributed by atoms with Crippen molar-refractivity contribution in [3.8, 4) is 0 Å². The van der Waals surface area contributed by atoms with Crippen molar-refractivity contribution >= 4 is 5.91 Å². The summed E-state index contributed by atoms with van der Waals surface area (Å²) < 4.78 is 0. The van der Waals surface area contributed by atoms with Gasteiger partial charge in [0.15, 0.2) is 0 Å². The van der Waals surface area contributed by atoms with Crippen LogP contribution in [-0.4, -0.2) is 24.4 Å². The predicted molar refractivity (Wildman–Crippen MR) is 70.7 cm³/mol. The Bertz CT molecular complexity index is 376. The van der Waals surface area contributed by atoms with Crippen LogP contribution in [0.15, 0.2) is 24.3 Å². The fourth-order valence-electron chi connectivity index (χ4n) is 1.74. The van der Waals surface area contributed by atoms with Gasteiger partial charge in [0, 0.05) is 6.54 Å². The molecule has 3 nitrogen and oxygen atoms in total. The normalized spacial score (nSPS) is 11.8. The predicted octanol–water partition coefficient (Wildman–Crippen LogP) is 1.90. The lowest BCUT2D eigenvalue weighted by molar-refractivity contribution is -0.118. The highest BCUT2D eigenvalue weighted by atomic mass is 16.1. The number of primary amides is 1. The molecular weight excluding hydrogens is 212 g/mol. The number of likely N-dealkylation sites (N-methyl/N-ethyl adjacent to an activating group) is 1. The lowest BCUT2D eigenvalue weighted by atomic mass is 9.87. The fourth-order valence-corrected chi connectivity index (χ4v) is 1.74. The Morgan fingerprint density at radius 2 is 1.76 bits per heavy atom. The zero-order valence-corrected chi connectivity index (χ0v) is 11.2. The van der Waals surface area contributed by atoms with Crippen LogP contribution in [0.5, 0.6) is 0 Å². The molecule has 0 atom stereocenters. The minimum Gasteiger partial charge on any atom is -0.369 e. The molecule has 1 amide bonds. The van der Waals surface area contributed by atoms with E-state index in [1.165, 1.54) is 11.1 Å². The van der Waals surface area contributed by atoms with Crippen molar-refractivity contribution < 1.29 is 4.79 Å². The van der Waals surface area contributed by atoms with Crippen molar-refractivity contribution in [2.24, 2.45) is 5.73 Å². The van der Waals surface area contributed by atoms with Crippen molar-refractivity contribution in [2.45, 2.75) is 32.7 Å². The number of nitrogens with zero attached hydrogens (tertiary/aromatic N) is 1. The Kier molecular flexibility index (Phi) is 4.29. The minimum absolute atomic E-state index is 0.178. The van der Waals surface area contributed by atoms with Crippen LogP contribution < -0.4 is 5.73 Å². The van der Waals surface area contributed by atoms with E-state index in [1.54, 1.807) is 0 Å². The Morgan fingerprint density at radius 1 is 1.24 bits per heavy atom. The van der Waals surface area contributed by atoms with Gasteiger partial charge in [-0.2, -0.15) is 0 Å². The average molecular weight is 234 g/mol. The fraction of sp³-hybridized carbons (Fsp3) is 0.500. The molecule has 0 aliphatic heterocycles. The van der Waals surface area contributed by atoms with Gasteiger partial charge in [-0.05, 0) is 23.6 Å². The van der Waals surface area contributed by atoms with Crippen molar-refractivity contribution in [2.75, 3.05) is 13.6 Å². The maximum absolute atomic E-state index is 10.8. The molecule has 1 aromatic carbocycles. The molecule has 0 radical (unpaired) electrons. The Labute approximate surface area is 104 Å². The first-order chi connectivity index (χ1) is 7.79. The van der Waals surface area contributed by atoms with E-state index in [0.717, 1.165) is 6.54 Å². The molecule has 0 saturated heterocycles. The first-order valence-corrected chi connectivity index (χ1v) is 5.85. The molecule has 94 valence electrons. The summed E-state index contributed by atoms with van der Waals surface area (Å²) in [6, 6.07) is 8.51. The molecule has 0 saturated carbocycles. The van der Waals surface area contributed by atoms with Gasteiger partial charge in [-0.3, -0.25) is 9.69 Å². The van der Waals surface area contributed by atoms with Gasteiger partial charge in [-0.15, -0.1) is 0 Å². The molecule has 0 fully saturated rings. The molecule has 0 heterocycles. The van der Waals surface area contributed by atoms with Crippen LogP contribution in [0.1, 0.15) is 31.9 Å². The van der Waals surface area contributed by atoms with E-state index < -0.39 is 0 Å². The van der Waals surface area contributed by atoms with Gasteiger partial charge in [-0.25, -0.2) is 0 Å². The number of carbonyl (C=O) groups excluding carboxylic acids is 1. The zero-order valence-electron chi connectivity index (χ0n) is 11.2. The Hall–Kier alpha value is -1.35. The Morgan fingerprint density at radius 3 is 2.18 bits per heavy atom. The SMILES string of the molecule is CN(CC(N)=O)Cc1ccc(C(C)(C)C)cc1. The number of benzene rings is 1. The molecule has 0 aromatic heterocycles. The molecule has 0 spiro atoms. The van der Waals surface area contributed by atoms with Gasteiger partial charge in [0.05, 0.1) is 6.54 Å². The molecule has 0 bridgehead atoms. The van der Waals surface area contributed by atoms with Crippen LogP contribution in [0.2, 0.25) is 0 Å². The third-order valence-corrected chi connectivity index (χ3v) is 2.70. The minimum atomic E-state index is -0.293. The lowest BCUT2D eigenvalue weighted by Gasteiger charge is -2.20.